The van der Waals surface area contributed by atoms with E-state index in [9.17, 15) is 14.4 Å². The van der Waals surface area contributed by atoms with Crippen molar-refractivity contribution in [3.63, 3.8) is 0 Å². The van der Waals surface area contributed by atoms with E-state index in [-0.39, 0.29) is 24.4 Å². The smallest absolute Gasteiger partial charge is 0.339 e. The Balaban J connectivity index is 1.42. The van der Waals surface area contributed by atoms with Gasteiger partial charge in [0.2, 0.25) is 0 Å². The molecule has 3 aromatic rings. The molecule has 1 aromatic carbocycles. The molecule has 1 aliphatic rings. The summed E-state index contributed by atoms with van der Waals surface area (Å²) in [7, 11) is 1.37. The summed E-state index contributed by atoms with van der Waals surface area (Å²) in [5.74, 6) is -1.28. The number of esters is 2. The maximum Gasteiger partial charge on any atom is 0.339 e. The summed E-state index contributed by atoms with van der Waals surface area (Å²) in [6.07, 6.45) is 2.62. The van der Waals surface area contributed by atoms with E-state index in [0.29, 0.717) is 36.4 Å². The maximum atomic E-state index is 12.9. The van der Waals surface area contributed by atoms with E-state index in [1.165, 1.54) is 30.1 Å². The number of fused-ring (bicyclic) bond motifs is 1. The van der Waals surface area contributed by atoms with Crippen LogP contribution in [0, 0.1) is 19.8 Å². The second-order valence-electron chi connectivity index (χ2n) is 7.99. The first-order valence-corrected chi connectivity index (χ1v) is 12.5. The van der Waals surface area contributed by atoms with Crippen LogP contribution in [0.3, 0.4) is 0 Å². The molecule has 178 valence electrons. The molecule has 0 bridgehead atoms. The molecule has 2 aromatic heterocycles. The number of nitrogens with zero attached hydrogens (tertiary/aromatic N) is 3. The first-order valence-electron chi connectivity index (χ1n) is 10.9. The van der Waals surface area contributed by atoms with Crippen molar-refractivity contribution in [1.82, 2.24) is 14.9 Å². The van der Waals surface area contributed by atoms with Crippen LogP contribution < -0.4 is 0 Å². The van der Waals surface area contributed by atoms with Crippen molar-refractivity contribution < 1.29 is 23.9 Å². The number of thiophene rings is 1. The molecule has 0 radical (unpaired) electrons. The Kier molecular flexibility index (Phi) is 7.47. The van der Waals surface area contributed by atoms with Crippen molar-refractivity contribution in [1.29, 1.82) is 0 Å². The molecule has 0 saturated carbocycles. The molecular weight excluding hydrogens is 474 g/mol. The Labute approximate surface area is 205 Å². The number of likely N-dealkylation sites (tertiary alicyclic amines) is 1. The zero-order valence-corrected chi connectivity index (χ0v) is 20.8. The van der Waals surface area contributed by atoms with E-state index in [2.05, 4.69) is 16.9 Å². The molecule has 1 amide bonds. The lowest BCUT2D eigenvalue weighted by Crippen LogP contribution is -2.42. The maximum absolute atomic E-state index is 12.9. The lowest BCUT2D eigenvalue weighted by atomic mass is 9.97. The Morgan fingerprint density at radius 3 is 2.62 bits per heavy atom. The van der Waals surface area contributed by atoms with Gasteiger partial charge in [-0.05, 0) is 44.4 Å². The molecule has 1 saturated heterocycles. The number of rotatable bonds is 6. The molecule has 8 nitrogen and oxygen atoms in total. The molecule has 0 atom stereocenters. The minimum Gasteiger partial charge on any atom is -0.469 e. The largest absolute Gasteiger partial charge is 0.469 e. The van der Waals surface area contributed by atoms with Gasteiger partial charge >= 0.3 is 11.9 Å². The third-order valence-electron chi connectivity index (χ3n) is 5.95. The van der Waals surface area contributed by atoms with Gasteiger partial charge < -0.3 is 14.4 Å². The number of carbonyl (C=O) groups is 3. The van der Waals surface area contributed by atoms with Crippen molar-refractivity contribution in [2.24, 2.45) is 5.92 Å². The molecule has 0 unspecified atom stereocenters. The highest BCUT2D eigenvalue weighted by Gasteiger charge is 2.28. The van der Waals surface area contributed by atoms with E-state index < -0.39 is 5.97 Å². The first-order chi connectivity index (χ1) is 16.4. The molecule has 0 aliphatic carbocycles. The molecular formula is C24H25N3O5S2. The molecule has 3 heterocycles. The minimum atomic E-state index is -0.565. The topological polar surface area (TPSA) is 98.7 Å². The van der Waals surface area contributed by atoms with E-state index in [1.54, 1.807) is 28.4 Å². The molecule has 1 aliphatic heterocycles. The number of amides is 1. The van der Waals surface area contributed by atoms with Crippen molar-refractivity contribution in [3.05, 3.63) is 46.6 Å². The fourth-order valence-corrected chi connectivity index (χ4v) is 6.01. The third-order valence-corrected chi connectivity index (χ3v) is 8.15. The van der Waals surface area contributed by atoms with Gasteiger partial charge in [-0.2, -0.15) is 0 Å². The van der Waals surface area contributed by atoms with Gasteiger partial charge in [0.1, 0.15) is 16.2 Å². The van der Waals surface area contributed by atoms with Gasteiger partial charge in [0.15, 0.2) is 6.61 Å². The SMILES string of the molecule is COC(=O)C1CCN(C(=O)COC(=O)c2ccccc2Sc2ncnc3sc(C)c(C)c23)CC1. The highest BCUT2D eigenvalue weighted by Crippen LogP contribution is 2.38. The highest BCUT2D eigenvalue weighted by molar-refractivity contribution is 7.99. The van der Waals surface area contributed by atoms with Crippen LogP contribution >= 0.6 is 23.1 Å². The number of aryl methyl sites for hydroxylation is 2. The van der Waals surface area contributed by atoms with Gasteiger partial charge in [-0.3, -0.25) is 9.59 Å². The quantitative estimate of drug-likeness (QED) is 0.370. The standard InChI is InChI=1S/C24H25N3O5S2/c1-14-15(2)33-21-20(14)22(26-13-25-21)34-18-7-5-4-6-17(18)24(30)32-12-19(28)27-10-8-16(9-11-27)23(29)31-3/h4-7,13,16H,8-12H2,1-3H3. The van der Waals surface area contributed by atoms with Gasteiger partial charge in [0, 0.05) is 28.2 Å². The number of hydrogen-bond donors (Lipinski definition) is 0. The third kappa shape index (κ3) is 5.07. The van der Waals surface area contributed by atoms with E-state index in [1.807, 2.05) is 19.1 Å². The fourth-order valence-electron chi connectivity index (χ4n) is 3.88. The monoisotopic (exact) mass is 499 g/mol. The predicted molar refractivity (Wildman–Crippen MR) is 129 cm³/mol. The molecule has 0 spiro atoms. The average Bonchev–Trinajstić information content (AvgIpc) is 3.16. The van der Waals surface area contributed by atoms with Gasteiger partial charge in [0.05, 0.1) is 18.6 Å². The van der Waals surface area contributed by atoms with Gasteiger partial charge in [-0.15, -0.1) is 11.3 Å². The van der Waals surface area contributed by atoms with Crippen LogP contribution in [0.5, 0.6) is 0 Å². The van der Waals surface area contributed by atoms with Crippen molar-refractivity contribution in [3.8, 4) is 0 Å². The number of aromatic nitrogens is 2. The van der Waals surface area contributed by atoms with Gasteiger partial charge in [0.25, 0.3) is 5.91 Å². The molecule has 0 N–H and O–H groups in total. The summed E-state index contributed by atoms with van der Waals surface area (Å²) in [6.45, 7) is 4.62. The lowest BCUT2D eigenvalue weighted by molar-refractivity contribution is -0.149. The number of piperidine rings is 1. The molecule has 4 rings (SSSR count). The molecule has 1 fully saturated rings. The van der Waals surface area contributed by atoms with E-state index in [0.717, 1.165) is 20.8 Å². The molecule has 34 heavy (non-hydrogen) atoms. The highest BCUT2D eigenvalue weighted by atomic mass is 32.2. The summed E-state index contributed by atoms with van der Waals surface area (Å²) < 4.78 is 10.1. The van der Waals surface area contributed by atoms with Crippen LogP contribution in [0.15, 0.2) is 40.5 Å². The Bertz CT molecular complexity index is 1230. The van der Waals surface area contributed by atoms with E-state index >= 15 is 0 Å². The Hall–Kier alpha value is -2.98. The number of ether oxygens (including phenoxy) is 2. The number of methoxy groups -OCH3 is 1. The fraction of sp³-hybridized carbons (Fsp3) is 0.375. The average molecular weight is 500 g/mol. The Morgan fingerprint density at radius 2 is 1.88 bits per heavy atom. The van der Waals surface area contributed by atoms with Crippen LogP contribution in [-0.4, -0.2) is 59.5 Å². The predicted octanol–water partition coefficient (Wildman–Crippen LogP) is 4.03. The summed E-state index contributed by atoms with van der Waals surface area (Å²) >= 11 is 3.00. The zero-order valence-electron chi connectivity index (χ0n) is 19.2. The van der Waals surface area contributed by atoms with Crippen LogP contribution in [0.4, 0.5) is 0 Å². The second kappa shape index (κ2) is 10.5. The summed E-state index contributed by atoms with van der Waals surface area (Å²) in [6, 6.07) is 7.12. The van der Waals surface area contributed by atoms with Crippen LogP contribution in [0.2, 0.25) is 0 Å². The zero-order chi connectivity index (χ0) is 24.2. The Morgan fingerprint density at radius 1 is 1.15 bits per heavy atom. The van der Waals surface area contributed by atoms with Gasteiger partial charge in [-0.1, -0.05) is 23.9 Å². The van der Waals surface area contributed by atoms with Crippen molar-refractivity contribution in [2.75, 3.05) is 26.8 Å². The van der Waals surface area contributed by atoms with Crippen molar-refractivity contribution in [2.45, 2.75) is 36.6 Å². The van der Waals surface area contributed by atoms with Crippen molar-refractivity contribution >= 4 is 51.2 Å². The normalized spacial score (nSPS) is 14.3. The number of benzene rings is 1. The minimum absolute atomic E-state index is 0.190. The van der Waals surface area contributed by atoms with E-state index in [4.69, 9.17) is 9.47 Å². The number of hydrogen-bond acceptors (Lipinski definition) is 9. The number of carbonyl (C=O) groups excluding carboxylic acids is 3. The first kappa shape index (κ1) is 24.2. The van der Waals surface area contributed by atoms with Gasteiger partial charge in [-0.25, -0.2) is 14.8 Å². The summed E-state index contributed by atoms with van der Waals surface area (Å²) in [5.41, 5.74) is 1.51. The van der Waals surface area contributed by atoms with Crippen LogP contribution in [-0.2, 0) is 19.1 Å². The molecule has 10 heteroatoms. The lowest BCUT2D eigenvalue weighted by Gasteiger charge is -2.30. The second-order valence-corrected chi connectivity index (χ2v) is 10.2. The van der Waals surface area contributed by atoms with Crippen LogP contribution in [0.1, 0.15) is 33.6 Å². The summed E-state index contributed by atoms with van der Waals surface area (Å²) in [4.78, 5) is 50.3. The van der Waals surface area contributed by atoms with Crippen LogP contribution in [0.25, 0.3) is 10.2 Å². The summed E-state index contributed by atoms with van der Waals surface area (Å²) in [5, 5.41) is 1.76.